The highest BCUT2D eigenvalue weighted by atomic mass is 35.5. The Bertz CT molecular complexity index is 652. The van der Waals surface area contributed by atoms with Crippen LogP contribution in [-0.2, 0) is 9.53 Å². The van der Waals surface area contributed by atoms with Crippen molar-refractivity contribution in [2.24, 2.45) is 0 Å². The smallest absolute Gasteiger partial charge is 0.317 e. The molecule has 1 aromatic carbocycles. The number of urea groups is 1. The van der Waals surface area contributed by atoms with Crippen molar-refractivity contribution in [2.75, 3.05) is 40.3 Å². The normalized spacial score (nSPS) is 25.4. The lowest BCUT2D eigenvalue weighted by molar-refractivity contribution is -0.120. The zero-order chi connectivity index (χ0) is 18.7. The van der Waals surface area contributed by atoms with Crippen LogP contribution < -0.4 is 10.6 Å². The number of fused-ring (bicyclic) bond motifs is 1. The lowest BCUT2D eigenvalue weighted by Gasteiger charge is -2.35. The highest BCUT2D eigenvalue weighted by molar-refractivity contribution is 6.30. The summed E-state index contributed by atoms with van der Waals surface area (Å²) in [6.45, 7) is 2.24. The summed E-state index contributed by atoms with van der Waals surface area (Å²) in [6, 6.07) is 7.87. The van der Waals surface area contributed by atoms with E-state index in [0.29, 0.717) is 17.7 Å². The van der Waals surface area contributed by atoms with Crippen LogP contribution in [0.1, 0.15) is 18.1 Å². The van der Waals surface area contributed by atoms with Crippen molar-refractivity contribution in [1.82, 2.24) is 20.4 Å². The van der Waals surface area contributed by atoms with Gasteiger partial charge in [0.1, 0.15) is 0 Å². The highest BCUT2D eigenvalue weighted by Gasteiger charge is 2.38. The Morgan fingerprint density at radius 1 is 1.27 bits per heavy atom. The lowest BCUT2D eigenvalue weighted by atomic mass is 10.1. The SMILES string of the molecule is CN(C)C(=O)NCC(=O)N[C@@H]1C[C@H]2CO[C@@H](c3ccc(Cl)cc3)CN2C1. The molecule has 2 saturated heterocycles. The summed E-state index contributed by atoms with van der Waals surface area (Å²) in [6.07, 6.45) is 0.887. The summed E-state index contributed by atoms with van der Waals surface area (Å²) >= 11 is 5.95. The first-order valence-corrected chi connectivity index (χ1v) is 9.16. The number of morpholine rings is 1. The number of hydrogen-bond donors (Lipinski definition) is 2. The number of carbonyl (C=O) groups excluding carboxylic acids is 2. The highest BCUT2D eigenvalue weighted by Crippen LogP contribution is 2.30. The fraction of sp³-hybridized carbons (Fsp3) is 0.556. The van der Waals surface area contributed by atoms with Crippen LogP contribution in [0.15, 0.2) is 24.3 Å². The number of carbonyl (C=O) groups is 2. The molecule has 2 aliphatic heterocycles. The number of nitrogens with zero attached hydrogens (tertiary/aromatic N) is 2. The Morgan fingerprint density at radius 3 is 2.69 bits per heavy atom. The van der Waals surface area contributed by atoms with Crippen molar-refractivity contribution < 1.29 is 14.3 Å². The second kappa shape index (κ2) is 8.24. The summed E-state index contributed by atoms with van der Waals surface area (Å²) < 4.78 is 6.02. The van der Waals surface area contributed by atoms with E-state index in [-0.39, 0.29) is 30.6 Å². The Hall–Kier alpha value is -1.83. The molecule has 0 bridgehead atoms. The fourth-order valence-corrected chi connectivity index (χ4v) is 3.58. The maximum absolute atomic E-state index is 12.0. The van der Waals surface area contributed by atoms with E-state index in [1.807, 2.05) is 24.3 Å². The minimum atomic E-state index is -0.275. The predicted octanol–water partition coefficient (Wildman–Crippen LogP) is 1.24. The third-order valence-electron chi connectivity index (χ3n) is 4.83. The van der Waals surface area contributed by atoms with Gasteiger partial charge in [0, 0.05) is 44.3 Å². The largest absolute Gasteiger partial charge is 0.371 e. The maximum Gasteiger partial charge on any atom is 0.317 e. The third kappa shape index (κ3) is 4.66. The van der Waals surface area contributed by atoms with E-state index in [2.05, 4.69) is 15.5 Å². The van der Waals surface area contributed by atoms with E-state index in [0.717, 1.165) is 25.1 Å². The molecule has 0 spiro atoms. The molecule has 2 N–H and O–H groups in total. The second-order valence-electron chi connectivity index (χ2n) is 7.03. The molecular formula is C18H25ClN4O3. The third-order valence-corrected chi connectivity index (χ3v) is 5.08. The summed E-state index contributed by atoms with van der Waals surface area (Å²) in [5, 5.41) is 6.30. The summed E-state index contributed by atoms with van der Waals surface area (Å²) in [4.78, 5) is 27.3. The number of rotatable bonds is 4. The van der Waals surface area contributed by atoms with E-state index >= 15 is 0 Å². The minimum absolute atomic E-state index is 0.0118. The van der Waals surface area contributed by atoms with Crippen molar-refractivity contribution >= 4 is 23.5 Å². The molecule has 2 heterocycles. The minimum Gasteiger partial charge on any atom is -0.371 e. The second-order valence-corrected chi connectivity index (χ2v) is 7.47. The molecule has 0 aliphatic carbocycles. The van der Waals surface area contributed by atoms with Crippen molar-refractivity contribution in [2.45, 2.75) is 24.6 Å². The van der Waals surface area contributed by atoms with Gasteiger partial charge in [0.15, 0.2) is 0 Å². The van der Waals surface area contributed by atoms with Gasteiger partial charge < -0.3 is 20.3 Å². The summed E-state index contributed by atoms with van der Waals surface area (Å²) in [7, 11) is 3.28. The molecule has 26 heavy (non-hydrogen) atoms. The van der Waals surface area contributed by atoms with Crippen molar-refractivity contribution in [1.29, 1.82) is 0 Å². The zero-order valence-corrected chi connectivity index (χ0v) is 15.8. The van der Waals surface area contributed by atoms with E-state index in [1.165, 1.54) is 4.90 Å². The molecule has 3 amide bonds. The van der Waals surface area contributed by atoms with Gasteiger partial charge >= 0.3 is 6.03 Å². The van der Waals surface area contributed by atoms with Crippen LogP contribution in [0.5, 0.6) is 0 Å². The topological polar surface area (TPSA) is 73.9 Å². The Labute approximate surface area is 158 Å². The molecule has 3 rings (SSSR count). The van der Waals surface area contributed by atoms with E-state index in [1.54, 1.807) is 14.1 Å². The number of hydrogen-bond acceptors (Lipinski definition) is 4. The van der Waals surface area contributed by atoms with Gasteiger partial charge in [0.2, 0.25) is 5.91 Å². The van der Waals surface area contributed by atoms with Crippen molar-refractivity contribution in [3.8, 4) is 0 Å². The van der Waals surface area contributed by atoms with Gasteiger partial charge in [-0.25, -0.2) is 4.79 Å². The van der Waals surface area contributed by atoms with Crippen LogP contribution in [0.25, 0.3) is 0 Å². The van der Waals surface area contributed by atoms with Gasteiger partial charge in [0.25, 0.3) is 0 Å². The van der Waals surface area contributed by atoms with E-state index in [4.69, 9.17) is 16.3 Å². The van der Waals surface area contributed by atoms with Crippen molar-refractivity contribution in [3.05, 3.63) is 34.9 Å². The van der Waals surface area contributed by atoms with Gasteiger partial charge in [-0.2, -0.15) is 0 Å². The van der Waals surface area contributed by atoms with E-state index < -0.39 is 0 Å². The van der Waals surface area contributed by atoms with Crippen LogP contribution in [0, 0.1) is 0 Å². The number of halogens is 1. The first kappa shape index (κ1) is 18.9. The molecule has 0 aromatic heterocycles. The first-order valence-electron chi connectivity index (χ1n) is 8.78. The fourth-order valence-electron chi connectivity index (χ4n) is 3.45. The molecule has 2 aliphatic rings. The summed E-state index contributed by atoms with van der Waals surface area (Å²) in [5.74, 6) is -0.166. The number of nitrogens with one attached hydrogen (secondary N) is 2. The Balaban J connectivity index is 1.48. The van der Waals surface area contributed by atoms with Crippen LogP contribution >= 0.6 is 11.6 Å². The standard InChI is InChI=1S/C18H25ClN4O3/c1-22(2)18(25)20-8-17(24)21-14-7-15-11-26-16(10-23(15)9-14)12-3-5-13(19)6-4-12/h3-6,14-16H,7-11H2,1-2H3,(H,20,25)(H,21,24)/t14-,15+,16-/m1/s1. The van der Waals surface area contributed by atoms with Gasteiger partial charge in [-0.3, -0.25) is 9.69 Å². The van der Waals surface area contributed by atoms with Crippen molar-refractivity contribution in [3.63, 3.8) is 0 Å². The average molecular weight is 381 g/mol. The average Bonchev–Trinajstić information content (AvgIpc) is 3.01. The molecule has 3 atom stereocenters. The first-order chi connectivity index (χ1) is 12.4. The van der Waals surface area contributed by atoms with E-state index in [9.17, 15) is 9.59 Å². The molecule has 0 saturated carbocycles. The molecule has 0 radical (unpaired) electrons. The molecular weight excluding hydrogens is 356 g/mol. The zero-order valence-electron chi connectivity index (χ0n) is 15.1. The summed E-state index contributed by atoms with van der Waals surface area (Å²) in [5.41, 5.74) is 1.12. The molecule has 8 heteroatoms. The Morgan fingerprint density at radius 2 is 2.00 bits per heavy atom. The maximum atomic E-state index is 12.0. The van der Waals surface area contributed by atoms with Gasteiger partial charge in [-0.1, -0.05) is 23.7 Å². The number of ether oxygens (including phenoxy) is 1. The molecule has 142 valence electrons. The lowest BCUT2D eigenvalue weighted by Crippen LogP contribution is -2.45. The predicted molar refractivity (Wildman–Crippen MR) is 99.1 cm³/mol. The molecule has 2 fully saturated rings. The molecule has 7 nitrogen and oxygen atoms in total. The quantitative estimate of drug-likeness (QED) is 0.824. The molecule has 0 unspecified atom stereocenters. The van der Waals surface area contributed by atoms with Gasteiger partial charge in [0.05, 0.1) is 19.3 Å². The molecule has 1 aromatic rings. The van der Waals surface area contributed by atoms with Crippen LogP contribution in [0.2, 0.25) is 5.02 Å². The van der Waals surface area contributed by atoms with Gasteiger partial charge in [-0.15, -0.1) is 0 Å². The number of benzene rings is 1. The monoisotopic (exact) mass is 380 g/mol. The van der Waals surface area contributed by atoms with Crippen LogP contribution in [-0.4, -0.2) is 74.2 Å². The Kier molecular flexibility index (Phi) is 6.01. The van der Waals surface area contributed by atoms with Crippen LogP contribution in [0.4, 0.5) is 4.79 Å². The van der Waals surface area contributed by atoms with Gasteiger partial charge in [-0.05, 0) is 24.1 Å². The van der Waals surface area contributed by atoms with Crippen LogP contribution in [0.3, 0.4) is 0 Å². The number of amides is 3.